The molecule has 1 rings (SSSR count). The van der Waals surface area contributed by atoms with Crippen LogP contribution in [0.15, 0.2) is 18.2 Å². The fourth-order valence-corrected chi connectivity index (χ4v) is 1.20. The average Bonchev–Trinajstić information content (AvgIpc) is 2.24. The molecule has 0 saturated heterocycles. The van der Waals surface area contributed by atoms with Gasteiger partial charge >= 0.3 is 5.97 Å². The first-order valence-corrected chi connectivity index (χ1v) is 5.14. The second kappa shape index (κ2) is 5.49. The van der Waals surface area contributed by atoms with Gasteiger partial charge in [0.05, 0.1) is 6.61 Å². The number of carbonyl (C=O) groups is 1. The van der Waals surface area contributed by atoms with E-state index in [1.807, 2.05) is 0 Å². The van der Waals surface area contributed by atoms with E-state index in [9.17, 15) is 9.18 Å². The van der Waals surface area contributed by atoms with Gasteiger partial charge in [0.2, 0.25) is 0 Å². The van der Waals surface area contributed by atoms with Crippen molar-refractivity contribution in [3.05, 3.63) is 29.6 Å². The molecular formula is C12H15FO3. The van der Waals surface area contributed by atoms with Gasteiger partial charge in [-0.15, -0.1) is 0 Å². The van der Waals surface area contributed by atoms with E-state index in [0.717, 1.165) is 0 Å². The molecule has 0 aliphatic carbocycles. The van der Waals surface area contributed by atoms with E-state index in [0.29, 0.717) is 17.9 Å². The van der Waals surface area contributed by atoms with E-state index in [-0.39, 0.29) is 5.82 Å². The van der Waals surface area contributed by atoms with Crippen molar-refractivity contribution < 1.29 is 18.7 Å². The highest BCUT2D eigenvalue weighted by atomic mass is 19.1. The average molecular weight is 226 g/mol. The molecule has 88 valence electrons. The van der Waals surface area contributed by atoms with Crippen molar-refractivity contribution in [2.75, 3.05) is 6.61 Å². The first-order valence-electron chi connectivity index (χ1n) is 5.14. The fourth-order valence-electron chi connectivity index (χ4n) is 1.20. The van der Waals surface area contributed by atoms with Crippen molar-refractivity contribution in [3.8, 4) is 5.75 Å². The van der Waals surface area contributed by atoms with Gasteiger partial charge in [-0.25, -0.2) is 9.18 Å². The number of esters is 1. The van der Waals surface area contributed by atoms with Gasteiger partial charge < -0.3 is 9.47 Å². The van der Waals surface area contributed by atoms with Crippen molar-refractivity contribution in [2.24, 2.45) is 0 Å². The summed E-state index contributed by atoms with van der Waals surface area (Å²) in [6.07, 6.45) is -0.690. The van der Waals surface area contributed by atoms with Crippen LogP contribution < -0.4 is 4.74 Å². The second-order valence-corrected chi connectivity index (χ2v) is 3.42. The van der Waals surface area contributed by atoms with Crippen LogP contribution in [0.3, 0.4) is 0 Å². The monoisotopic (exact) mass is 226 g/mol. The van der Waals surface area contributed by atoms with Crippen LogP contribution in [0.1, 0.15) is 19.4 Å². The van der Waals surface area contributed by atoms with Crippen molar-refractivity contribution in [1.82, 2.24) is 0 Å². The molecule has 1 unspecified atom stereocenters. The summed E-state index contributed by atoms with van der Waals surface area (Å²) in [5, 5.41) is 0. The van der Waals surface area contributed by atoms with Gasteiger partial charge in [0.15, 0.2) is 6.10 Å². The maximum Gasteiger partial charge on any atom is 0.347 e. The van der Waals surface area contributed by atoms with Gasteiger partial charge in [-0.1, -0.05) is 0 Å². The summed E-state index contributed by atoms with van der Waals surface area (Å²) < 4.78 is 23.1. The molecule has 0 heterocycles. The molecule has 0 fully saturated rings. The Bertz CT molecular complexity index is 377. The van der Waals surface area contributed by atoms with Gasteiger partial charge in [-0.05, 0) is 44.5 Å². The summed E-state index contributed by atoms with van der Waals surface area (Å²) in [7, 11) is 0. The lowest BCUT2D eigenvalue weighted by Crippen LogP contribution is -2.26. The molecule has 0 aromatic heterocycles. The fraction of sp³-hybridized carbons (Fsp3) is 0.417. The Labute approximate surface area is 94.2 Å². The number of aryl methyl sites for hydroxylation is 1. The Hall–Kier alpha value is -1.58. The van der Waals surface area contributed by atoms with E-state index < -0.39 is 12.1 Å². The number of rotatable bonds is 4. The normalized spacial score (nSPS) is 12.0. The standard InChI is InChI=1S/C12H15FO3/c1-4-15-12(14)9(3)16-10-5-6-11(13)8(2)7-10/h5-7,9H,4H2,1-3H3. The summed E-state index contributed by atoms with van der Waals surface area (Å²) in [5.41, 5.74) is 0.480. The highest BCUT2D eigenvalue weighted by Crippen LogP contribution is 2.17. The molecule has 0 N–H and O–H groups in total. The van der Waals surface area contributed by atoms with Crippen LogP contribution in [0.4, 0.5) is 4.39 Å². The minimum absolute atomic E-state index is 0.295. The van der Waals surface area contributed by atoms with E-state index in [4.69, 9.17) is 9.47 Å². The van der Waals surface area contributed by atoms with Crippen LogP contribution in [-0.4, -0.2) is 18.7 Å². The second-order valence-electron chi connectivity index (χ2n) is 3.42. The van der Waals surface area contributed by atoms with E-state index in [1.54, 1.807) is 26.8 Å². The van der Waals surface area contributed by atoms with Crippen molar-refractivity contribution in [1.29, 1.82) is 0 Å². The molecule has 0 aliphatic rings. The van der Waals surface area contributed by atoms with E-state index >= 15 is 0 Å². The summed E-state index contributed by atoms with van der Waals surface area (Å²) >= 11 is 0. The molecule has 16 heavy (non-hydrogen) atoms. The lowest BCUT2D eigenvalue weighted by molar-refractivity contribution is -0.150. The number of ether oxygens (including phenoxy) is 2. The van der Waals surface area contributed by atoms with Crippen molar-refractivity contribution >= 4 is 5.97 Å². The molecule has 0 aliphatic heterocycles. The Morgan fingerprint density at radius 2 is 2.19 bits per heavy atom. The molecule has 0 amide bonds. The number of carbonyl (C=O) groups excluding carboxylic acids is 1. The lowest BCUT2D eigenvalue weighted by Gasteiger charge is -2.13. The first kappa shape index (κ1) is 12.5. The Morgan fingerprint density at radius 1 is 1.50 bits per heavy atom. The number of hydrogen-bond donors (Lipinski definition) is 0. The summed E-state index contributed by atoms with van der Waals surface area (Å²) in [6, 6.07) is 4.34. The molecule has 3 nitrogen and oxygen atoms in total. The summed E-state index contributed by atoms with van der Waals surface area (Å²) in [6.45, 7) is 5.27. The number of benzene rings is 1. The largest absolute Gasteiger partial charge is 0.479 e. The predicted molar refractivity (Wildman–Crippen MR) is 57.9 cm³/mol. The highest BCUT2D eigenvalue weighted by Gasteiger charge is 2.15. The molecule has 1 aromatic carbocycles. The van der Waals surface area contributed by atoms with Gasteiger partial charge in [0.1, 0.15) is 11.6 Å². The molecular weight excluding hydrogens is 211 g/mol. The minimum atomic E-state index is -0.690. The number of hydrogen-bond acceptors (Lipinski definition) is 3. The lowest BCUT2D eigenvalue weighted by atomic mass is 10.2. The van der Waals surface area contributed by atoms with Crippen molar-refractivity contribution in [3.63, 3.8) is 0 Å². The first-order chi connectivity index (χ1) is 7.54. The van der Waals surface area contributed by atoms with E-state index in [2.05, 4.69) is 0 Å². The molecule has 0 spiro atoms. The quantitative estimate of drug-likeness (QED) is 0.740. The van der Waals surface area contributed by atoms with Crippen LogP contribution in [0.5, 0.6) is 5.75 Å². The smallest absolute Gasteiger partial charge is 0.347 e. The summed E-state index contributed by atoms with van der Waals surface area (Å²) in [4.78, 5) is 11.3. The third-order valence-corrected chi connectivity index (χ3v) is 2.06. The van der Waals surface area contributed by atoms with Crippen LogP contribution in [-0.2, 0) is 9.53 Å². The van der Waals surface area contributed by atoms with Crippen LogP contribution >= 0.6 is 0 Å². The predicted octanol–water partition coefficient (Wildman–Crippen LogP) is 2.46. The number of halogens is 1. The molecule has 0 bridgehead atoms. The summed E-state index contributed by atoms with van der Waals surface area (Å²) in [5.74, 6) is -0.264. The Kier molecular flexibility index (Phi) is 4.28. The van der Waals surface area contributed by atoms with Gasteiger partial charge in [-0.2, -0.15) is 0 Å². The van der Waals surface area contributed by atoms with Crippen molar-refractivity contribution in [2.45, 2.75) is 26.9 Å². The van der Waals surface area contributed by atoms with Gasteiger partial charge in [0.25, 0.3) is 0 Å². The maximum atomic E-state index is 13.0. The van der Waals surface area contributed by atoms with E-state index in [1.165, 1.54) is 12.1 Å². The van der Waals surface area contributed by atoms with Gasteiger partial charge in [-0.3, -0.25) is 0 Å². The van der Waals surface area contributed by atoms with Gasteiger partial charge in [0, 0.05) is 0 Å². The zero-order chi connectivity index (χ0) is 12.1. The minimum Gasteiger partial charge on any atom is -0.479 e. The molecule has 0 saturated carbocycles. The SMILES string of the molecule is CCOC(=O)C(C)Oc1ccc(F)c(C)c1. The van der Waals surface area contributed by atoms with Crippen LogP contribution in [0, 0.1) is 12.7 Å². The molecule has 1 aromatic rings. The zero-order valence-electron chi connectivity index (χ0n) is 9.62. The molecule has 1 atom stereocenters. The molecule has 4 heteroatoms. The third-order valence-electron chi connectivity index (χ3n) is 2.06. The topological polar surface area (TPSA) is 35.5 Å². The van der Waals surface area contributed by atoms with Crippen LogP contribution in [0.2, 0.25) is 0 Å². The third kappa shape index (κ3) is 3.22. The zero-order valence-corrected chi connectivity index (χ0v) is 9.62. The van der Waals surface area contributed by atoms with Crippen LogP contribution in [0.25, 0.3) is 0 Å². The molecule has 0 radical (unpaired) electrons. The Morgan fingerprint density at radius 3 is 2.75 bits per heavy atom. The highest BCUT2D eigenvalue weighted by molar-refractivity contribution is 5.74. The maximum absolute atomic E-state index is 13.0. The Balaban J connectivity index is 2.66.